The summed E-state index contributed by atoms with van der Waals surface area (Å²) in [5.74, 6) is -1.13. The minimum Gasteiger partial charge on any atom is -0.478 e. The van der Waals surface area contributed by atoms with Gasteiger partial charge in [0.15, 0.2) is 0 Å². The number of hydrogen-bond donors (Lipinski definition) is 4. The van der Waals surface area contributed by atoms with Crippen molar-refractivity contribution in [1.29, 1.82) is 0 Å². The minimum atomic E-state index is -3.29. The van der Waals surface area contributed by atoms with E-state index in [2.05, 4.69) is 15.4 Å². The molecule has 0 radical (unpaired) electrons. The minimum absolute atomic E-state index is 0.00871. The van der Waals surface area contributed by atoms with Crippen molar-refractivity contribution in [3.8, 4) is 0 Å². The van der Waals surface area contributed by atoms with E-state index >= 15 is 0 Å². The Hall–Kier alpha value is -1.65. The van der Waals surface area contributed by atoms with Gasteiger partial charge in [-0.1, -0.05) is 0 Å². The molecule has 0 aliphatic carbocycles. The first-order valence-corrected chi connectivity index (χ1v) is 7.87. The topological polar surface area (TPSA) is 125 Å². The van der Waals surface area contributed by atoms with Crippen molar-refractivity contribution in [2.75, 3.05) is 24.7 Å². The summed E-state index contributed by atoms with van der Waals surface area (Å²) in [5, 5.41) is 15.4. The van der Waals surface area contributed by atoms with E-state index < -0.39 is 22.0 Å². The molecule has 0 unspecified atom stereocenters. The van der Waals surface area contributed by atoms with E-state index in [-0.39, 0.29) is 23.7 Å². The number of carbonyl (C=O) groups is 2. The van der Waals surface area contributed by atoms with Gasteiger partial charge in [-0.05, 0) is 11.4 Å². The van der Waals surface area contributed by atoms with Crippen molar-refractivity contribution in [3.63, 3.8) is 0 Å². The predicted octanol–water partition coefficient (Wildman–Crippen LogP) is 0.117. The molecule has 1 aromatic rings. The molecule has 0 aliphatic rings. The molecule has 10 heteroatoms. The lowest BCUT2D eigenvalue weighted by atomic mass is 10.3. The number of urea groups is 1. The first kappa shape index (κ1) is 15.4. The lowest BCUT2D eigenvalue weighted by Crippen LogP contribution is -2.36. The average Bonchev–Trinajstić information content (AvgIpc) is 2.71. The quantitative estimate of drug-likeness (QED) is 0.555. The van der Waals surface area contributed by atoms with Crippen LogP contribution in [0, 0.1) is 0 Å². The van der Waals surface area contributed by atoms with E-state index in [1.165, 1.54) is 6.07 Å². The highest BCUT2D eigenvalue weighted by Crippen LogP contribution is 2.22. The van der Waals surface area contributed by atoms with Gasteiger partial charge in [0, 0.05) is 13.1 Å². The van der Waals surface area contributed by atoms with E-state index in [0.29, 0.717) is 0 Å². The predicted molar refractivity (Wildman–Crippen MR) is 71.1 cm³/mol. The zero-order valence-corrected chi connectivity index (χ0v) is 11.6. The second-order valence-corrected chi connectivity index (χ2v) is 6.27. The number of nitrogens with one attached hydrogen (secondary N) is 3. The molecule has 2 amide bonds. The van der Waals surface area contributed by atoms with Gasteiger partial charge in [0.1, 0.15) is 5.00 Å². The first-order valence-electron chi connectivity index (χ1n) is 5.10. The molecule has 0 saturated carbocycles. The van der Waals surface area contributed by atoms with Crippen LogP contribution in [0.25, 0.3) is 0 Å². The van der Waals surface area contributed by atoms with Gasteiger partial charge in [0.05, 0.1) is 11.8 Å². The van der Waals surface area contributed by atoms with Crippen LogP contribution < -0.4 is 15.4 Å². The van der Waals surface area contributed by atoms with Crippen LogP contribution in [0.3, 0.4) is 0 Å². The maximum Gasteiger partial charge on any atom is 0.338 e. The fourth-order valence-electron chi connectivity index (χ4n) is 1.13. The Labute approximate surface area is 113 Å². The molecule has 1 aromatic heterocycles. The van der Waals surface area contributed by atoms with Crippen molar-refractivity contribution in [2.45, 2.75) is 0 Å². The molecule has 0 spiro atoms. The zero-order chi connectivity index (χ0) is 14.5. The summed E-state index contributed by atoms with van der Waals surface area (Å²) in [5.41, 5.74) is 0.00871. The van der Waals surface area contributed by atoms with Gasteiger partial charge in [0.2, 0.25) is 10.0 Å². The summed E-state index contributed by atoms with van der Waals surface area (Å²) in [6.45, 7) is 0.148. The van der Waals surface area contributed by atoms with Crippen LogP contribution in [0.15, 0.2) is 11.4 Å². The summed E-state index contributed by atoms with van der Waals surface area (Å²) in [6.07, 6.45) is 1.01. The summed E-state index contributed by atoms with van der Waals surface area (Å²) in [4.78, 5) is 22.2. The summed E-state index contributed by atoms with van der Waals surface area (Å²) < 4.78 is 23.7. The van der Waals surface area contributed by atoms with Crippen molar-refractivity contribution >= 4 is 38.4 Å². The lowest BCUT2D eigenvalue weighted by Gasteiger charge is -2.07. The molecule has 0 bridgehead atoms. The Morgan fingerprint density at radius 2 is 2.05 bits per heavy atom. The first-order chi connectivity index (χ1) is 8.79. The van der Waals surface area contributed by atoms with Crippen LogP contribution in [0.4, 0.5) is 9.80 Å². The average molecular weight is 307 g/mol. The summed E-state index contributed by atoms with van der Waals surface area (Å²) in [7, 11) is -3.29. The molecule has 0 atom stereocenters. The van der Waals surface area contributed by atoms with Crippen molar-refractivity contribution in [3.05, 3.63) is 17.0 Å². The zero-order valence-electron chi connectivity index (χ0n) is 9.97. The van der Waals surface area contributed by atoms with Gasteiger partial charge in [-0.3, -0.25) is 5.32 Å². The van der Waals surface area contributed by atoms with Crippen LogP contribution in [0.5, 0.6) is 0 Å². The summed E-state index contributed by atoms with van der Waals surface area (Å²) >= 11 is 1.09. The van der Waals surface area contributed by atoms with Gasteiger partial charge in [-0.25, -0.2) is 22.7 Å². The standard InChI is InChI=1S/C9H13N3O5S2/c1-19(16,17)11-4-3-10-9(15)12-7-6(8(13)14)2-5-18-7/h2,5,11H,3-4H2,1H3,(H,13,14)(H2,10,12,15). The molecule has 19 heavy (non-hydrogen) atoms. The molecular formula is C9H13N3O5S2. The number of thiophene rings is 1. The second-order valence-electron chi connectivity index (χ2n) is 3.52. The number of aromatic carboxylic acids is 1. The van der Waals surface area contributed by atoms with Gasteiger partial charge < -0.3 is 10.4 Å². The van der Waals surface area contributed by atoms with Gasteiger partial charge in [-0.15, -0.1) is 11.3 Å². The molecule has 106 valence electrons. The third-order valence-electron chi connectivity index (χ3n) is 1.90. The molecule has 0 aromatic carbocycles. The number of anilines is 1. The largest absolute Gasteiger partial charge is 0.478 e. The second kappa shape index (κ2) is 6.50. The van der Waals surface area contributed by atoms with Gasteiger partial charge >= 0.3 is 12.0 Å². The smallest absolute Gasteiger partial charge is 0.338 e. The highest BCUT2D eigenvalue weighted by Gasteiger charge is 2.13. The molecule has 0 aliphatic heterocycles. The molecular weight excluding hydrogens is 294 g/mol. The van der Waals surface area contributed by atoms with E-state index in [0.717, 1.165) is 17.6 Å². The Bertz CT molecular complexity index is 566. The molecule has 1 heterocycles. The van der Waals surface area contributed by atoms with Crippen molar-refractivity contribution < 1.29 is 23.1 Å². The van der Waals surface area contributed by atoms with E-state index in [9.17, 15) is 18.0 Å². The third-order valence-corrected chi connectivity index (χ3v) is 3.46. The third kappa shape index (κ3) is 5.68. The van der Waals surface area contributed by atoms with E-state index in [1.807, 2.05) is 0 Å². The Kier molecular flexibility index (Phi) is 5.27. The lowest BCUT2D eigenvalue weighted by molar-refractivity contribution is 0.0698. The number of carboxylic acids is 1. The highest BCUT2D eigenvalue weighted by atomic mass is 32.2. The maximum absolute atomic E-state index is 11.4. The van der Waals surface area contributed by atoms with Gasteiger partial charge in [-0.2, -0.15) is 0 Å². The summed E-state index contributed by atoms with van der Waals surface area (Å²) in [6, 6.07) is 0.786. The number of carboxylic acid groups (broad SMARTS) is 1. The number of rotatable bonds is 6. The van der Waals surface area contributed by atoms with Crippen LogP contribution in [0.2, 0.25) is 0 Å². The van der Waals surface area contributed by atoms with Crippen molar-refractivity contribution in [1.82, 2.24) is 10.0 Å². The number of sulfonamides is 1. The number of carbonyl (C=O) groups excluding carboxylic acids is 1. The monoisotopic (exact) mass is 307 g/mol. The molecule has 8 nitrogen and oxygen atoms in total. The molecule has 1 rings (SSSR count). The number of amides is 2. The molecule has 4 N–H and O–H groups in total. The SMILES string of the molecule is CS(=O)(=O)NCCNC(=O)Nc1sccc1C(=O)O. The fourth-order valence-corrected chi connectivity index (χ4v) is 2.38. The Morgan fingerprint density at radius 3 is 2.63 bits per heavy atom. The fraction of sp³-hybridized carbons (Fsp3) is 0.333. The van der Waals surface area contributed by atoms with Gasteiger partial charge in [0.25, 0.3) is 0 Å². The highest BCUT2D eigenvalue weighted by molar-refractivity contribution is 7.88. The normalized spacial score (nSPS) is 11.0. The van der Waals surface area contributed by atoms with Crippen LogP contribution in [0.1, 0.15) is 10.4 Å². The number of hydrogen-bond acceptors (Lipinski definition) is 5. The van der Waals surface area contributed by atoms with E-state index in [4.69, 9.17) is 5.11 Å². The molecule has 0 fully saturated rings. The Morgan fingerprint density at radius 1 is 1.37 bits per heavy atom. The van der Waals surface area contributed by atoms with Crippen LogP contribution in [-0.2, 0) is 10.0 Å². The molecule has 0 saturated heterocycles. The maximum atomic E-state index is 11.4. The van der Waals surface area contributed by atoms with Crippen LogP contribution >= 0.6 is 11.3 Å². The Balaban J connectivity index is 2.39. The van der Waals surface area contributed by atoms with Crippen molar-refractivity contribution in [2.24, 2.45) is 0 Å². The van der Waals surface area contributed by atoms with Crippen LogP contribution in [-0.4, -0.2) is 44.9 Å². The van der Waals surface area contributed by atoms with E-state index in [1.54, 1.807) is 5.38 Å².